The number of aromatic nitrogens is 1. The number of anilines is 2. The lowest BCUT2D eigenvalue weighted by Gasteiger charge is -2.36. The molecule has 4 aromatic rings. The zero-order valence-electron chi connectivity index (χ0n) is 40.7. The number of benzene rings is 3. The number of aryl methyl sites for hydroxylation is 1. The number of fused-ring (bicyclic) bond motifs is 1. The molecule has 3 fully saturated rings. The lowest BCUT2D eigenvalue weighted by atomic mass is 10.0. The van der Waals surface area contributed by atoms with Gasteiger partial charge in [0.25, 0.3) is 29.5 Å². The summed E-state index contributed by atoms with van der Waals surface area (Å²) in [6.45, 7) is 10.2. The third-order valence-electron chi connectivity index (χ3n) is 13.3. The summed E-state index contributed by atoms with van der Waals surface area (Å²) in [5, 5.41) is 8.43. The van der Waals surface area contributed by atoms with Gasteiger partial charge in [-0.15, -0.1) is 0 Å². The maximum Gasteiger partial charge on any atom is 0.266 e. The number of nitrogens with one attached hydrogen (secondary N) is 3. The number of carbonyl (C=O) groups is 8. The number of amides is 8. The summed E-state index contributed by atoms with van der Waals surface area (Å²) in [6.07, 6.45) is 6.76. The van der Waals surface area contributed by atoms with Gasteiger partial charge in [0.05, 0.1) is 34.2 Å². The first kappa shape index (κ1) is 51.5. The Morgan fingerprint density at radius 2 is 1.57 bits per heavy atom. The number of hydrogen-bond acceptors (Lipinski definition) is 15. The molecule has 0 aliphatic carbocycles. The molecule has 8 rings (SSSR count). The van der Waals surface area contributed by atoms with Crippen LogP contribution in [0.5, 0.6) is 11.5 Å². The molecule has 4 aliphatic rings. The predicted molar refractivity (Wildman–Crippen MR) is 270 cm³/mol. The summed E-state index contributed by atoms with van der Waals surface area (Å²) in [5.74, 6) is -2.64. The van der Waals surface area contributed by atoms with Crippen LogP contribution < -0.4 is 30.3 Å². The SMILES string of the molecule is COc1cc(C)c(Sc2cnc(NC(=O)c3ccc(N4CCN(CCCCCCCNC(=O)COc5cccc6c5C(=O)N(C5CCC(=O)NC5=O)C6=O)CC4)cc3)s2)cc1C(=O)N1CCN(C(C)=O)CC1. The molecular weight excluding hydrogens is 963 g/mol. The van der Waals surface area contributed by atoms with Crippen molar-refractivity contribution in [3.8, 4) is 11.5 Å². The van der Waals surface area contributed by atoms with Crippen LogP contribution in [0.1, 0.15) is 98.9 Å². The Labute approximate surface area is 425 Å². The second kappa shape index (κ2) is 23.6. The molecule has 1 atom stereocenters. The van der Waals surface area contributed by atoms with E-state index >= 15 is 0 Å². The van der Waals surface area contributed by atoms with E-state index in [0.29, 0.717) is 54.7 Å². The zero-order chi connectivity index (χ0) is 50.9. The second-order valence-electron chi connectivity index (χ2n) is 18.1. The highest BCUT2D eigenvalue weighted by Gasteiger charge is 2.46. The minimum atomic E-state index is -1.09. The number of nitrogens with zero attached hydrogens (tertiary/aromatic N) is 6. The van der Waals surface area contributed by atoms with Crippen molar-refractivity contribution in [2.75, 3.05) is 89.4 Å². The van der Waals surface area contributed by atoms with E-state index in [4.69, 9.17) is 9.47 Å². The maximum atomic E-state index is 13.6. The fourth-order valence-corrected chi connectivity index (χ4v) is 11.2. The summed E-state index contributed by atoms with van der Waals surface area (Å²) in [4.78, 5) is 116. The molecule has 19 nitrogen and oxygen atoms in total. The number of unbranched alkanes of at least 4 members (excludes halogenated alkanes) is 4. The lowest BCUT2D eigenvalue weighted by Crippen LogP contribution is -2.54. The van der Waals surface area contributed by atoms with Crippen molar-refractivity contribution in [1.82, 2.24) is 35.2 Å². The molecule has 72 heavy (non-hydrogen) atoms. The number of ether oxygens (including phenoxy) is 2. The van der Waals surface area contributed by atoms with Gasteiger partial charge in [-0.05, 0) is 86.8 Å². The third-order valence-corrected chi connectivity index (χ3v) is 15.5. The van der Waals surface area contributed by atoms with Crippen molar-refractivity contribution in [3.05, 3.63) is 88.6 Å². The summed E-state index contributed by atoms with van der Waals surface area (Å²) in [6, 6.07) is 14.8. The predicted octanol–water partition coefficient (Wildman–Crippen LogP) is 4.84. The number of piperidine rings is 1. The topological polar surface area (TPSA) is 220 Å². The van der Waals surface area contributed by atoms with Gasteiger partial charge in [0.1, 0.15) is 17.5 Å². The molecule has 21 heteroatoms. The normalized spacial score (nSPS) is 17.2. The van der Waals surface area contributed by atoms with Crippen molar-refractivity contribution in [3.63, 3.8) is 0 Å². The standard InChI is InChI=1S/C51H59N9O10S2/c1-32-28-40(69-3)37(48(66)59-26-24-57(25-27-59)33(2)61)29-41(32)71-44-30-53-51(72-44)55-46(64)34-12-14-35(15-13-34)58-22-20-56(21-23-58)19-8-6-4-5-7-18-52-43(63)31-70-39-11-9-10-36-45(39)50(68)60(49(36)67)38-16-17-42(62)54-47(38)65/h9-15,28-30,38H,4-8,16-27,31H2,1-3H3,(H,52,63)(H,53,55,64)(H,54,62,65). The van der Waals surface area contributed by atoms with Crippen LogP contribution in [0.3, 0.4) is 0 Å². The number of hydrogen-bond donors (Lipinski definition) is 3. The highest BCUT2D eigenvalue weighted by Crippen LogP contribution is 2.39. The largest absolute Gasteiger partial charge is 0.496 e. The minimum absolute atomic E-state index is 0.00195. The summed E-state index contributed by atoms with van der Waals surface area (Å²) < 4.78 is 12.1. The molecule has 0 spiro atoms. The van der Waals surface area contributed by atoms with Gasteiger partial charge in [0.2, 0.25) is 17.7 Å². The van der Waals surface area contributed by atoms with Gasteiger partial charge in [0.15, 0.2) is 11.7 Å². The molecule has 0 radical (unpaired) electrons. The van der Waals surface area contributed by atoms with E-state index in [9.17, 15) is 38.4 Å². The first-order valence-corrected chi connectivity index (χ1v) is 25.9. The molecular formula is C51H59N9O10S2. The monoisotopic (exact) mass is 1020 g/mol. The van der Waals surface area contributed by atoms with Crippen LogP contribution in [0.25, 0.3) is 0 Å². The number of methoxy groups -OCH3 is 1. The zero-order valence-corrected chi connectivity index (χ0v) is 42.3. The molecule has 4 aliphatic heterocycles. The van der Waals surface area contributed by atoms with Crippen LogP contribution in [0.15, 0.2) is 69.9 Å². The quantitative estimate of drug-likeness (QED) is 0.0846. The van der Waals surface area contributed by atoms with Gasteiger partial charge in [0, 0.05) is 88.4 Å². The number of piperazine rings is 2. The van der Waals surface area contributed by atoms with Gasteiger partial charge in [-0.1, -0.05) is 48.4 Å². The molecule has 3 aromatic carbocycles. The second-order valence-corrected chi connectivity index (χ2v) is 20.4. The highest BCUT2D eigenvalue weighted by atomic mass is 32.2. The molecule has 5 heterocycles. The van der Waals surface area contributed by atoms with E-state index in [1.54, 1.807) is 29.2 Å². The van der Waals surface area contributed by atoms with Crippen LogP contribution in [0, 0.1) is 6.92 Å². The minimum Gasteiger partial charge on any atom is -0.496 e. The molecule has 3 saturated heterocycles. The summed E-state index contributed by atoms with van der Waals surface area (Å²) >= 11 is 2.83. The lowest BCUT2D eigenvalue weighted by molar-refractivity contribution is -0.136. The van der Waals surface area contributed by atoms with Crippen LogP contribution >= 0.6 is 23.1 Å². The average Bonchev–Trinajstić information content (AvgIpc) is 3.93. The number of carbonyl (C=O) groups excluding carboxylic acids is 8. The first-order valence-electron chi connectivity index (χ1n) is 24.3. The van der Waals surface area contributed by atoms with Gasteiger partial charge < -0.3 is 29.5 Å². The smallest absolute Gasteiger partial charge is 0.266 e. The van der Waals surface area contributed by atoms with E-state index in [1.807, 2.05) is 43.3 Å². The van der Waals surface area contributed by atoms with Crippen molar-refractivity contribution >= 4 is 81.2 Å². The van der Waals surface area contributed by atoms with Crippen LogP contribution in [0.2, 0.25) is 0 Å². The van der Waals surface area contributed by atoms with E-state index in [1.165, 1.54) is 42.2 Å². The molecule has 8 amide bonds. The van der Waals surface area contributed by atoms with Crippen molar-refractivity contribution < 1.29 is 47.8 Å². The molecule has 1 unspecified atom stereocenters. The third kappa shape index (κ3) is 12.2. The Morgan fingerprint density at radius 3 is 2.29 bits per heavy atom. The van der Waals surface area contributed by atoms with Crippen LogP contribution in [-0.2, 0) is 19.2 Å². The fraction of sp³-hybridized carbons (Fsp3) is 0.431. The Bertz CT molecular complexity index is 2720. The Kier molecular flexibility index (Phi) is 16.9. The molecule has 380 valence electrons. The number of imide groups is 2. The van der Waals surface area contributed by atoms with E-state index < -0.39 is 29.7 Å². The molecule has 1 aromatic heterocycles. The Balaban J connectivity index is 0.695. The Morgan fingerprint density at radius 1 is 0.847 bits per heavy atom. The van der Waals surface area contributed by atoms with E-state index in [2.05, 4.69) is 30.7 Å². The van der Waals surface area contributed by atoms with Gasteiger partial charge in [-0.3, -0.25) is 58.8 Å². The van der Waals surface area contributed by atoms with E-state index in [0.717, 1.165) is 90.1 Å². The van der Waals surface area contributed by atoms with Crippen molar-refractivity contribution in [2.24, 2.45) is 0 Å². The van der Waals surface area contributed by atoms with Gasteiger partial charge in [-0.2, -0.15) is 0 Å². The van der Waals surface area contributed by atoms with Crippen LogP contribution in [0.4, 0.5) is 10.8 Å². The van der Waals surface area contributed by atoms with E-state index in [-0.39, 0.29) is 60.0 Å². The van der Waals surface area contributed by atoms with Crippen LogP contribution in [-0.4, -0.2) is 157 Å². The maximum absolute atomic E-state index is 13.6. The Hall–Kier alpha value is -6.84. The highest BCUT2D eigenvalue weighted by molar-refractivity contribution is 8.01. The van der Waals surface area contributed by atoms with Gasteiger partial charge in [-0.25, -0.2) is 4.98 Å². The average molecular weight is 1020 g/mol. The molecule has 0 saturated carbocycles. The summed E-state index contributed by atoms with van der Waals surface area (Å²) in [7, 11) is 1.55. The number of rotatable bonds is 19. The van der Waals surface area contributed by atoms with Crippen molar-refractivity contribution in [2.45, 2.75) is 73.9 Å². The summed E-state index contributed by atoms with van der Waals surface area (Å²) in [5.41, 5.74) is 3.09. The molecule has 0 bridgehead atoms. The van der Waals surface area contributed by atoms with Gasteiger partial charge >= 0.3 is 0 Å². The molecule has 3 N–H and O–H groups in total. The van der Waals surface area contributed by atoms with Crippen molar-refractivity contribution in [1.29, 1.82) is 0 Å². The number of thiazole rings is 1. The first-order chi connectivity index (χ1) is 34.8. The fourth-order valence-electron chi connectivity index (χ4n) is 9.21.